The van der Waals surface area contributed by atoms with Gasteiger partial charge in [-0.15, -0.1) is 0 Å². The minimum absolute atomic E-state index is 0.156. The fraction of sp³-hybridized carbons (Fsp3) is 0.0938. The molecular formula is C32H22ClN3O6S. The van der Waals surface area contributed by atoms with Crippen molar-refractivity contribution in [2.75, 3.05) is 6.61 Å². The number of fused-ring (bicyclic) bond motifs is 1. The van der Waals surface area contributed by atoms with Crippen LogP contribution in [-0.4, -0.2) is 22.1 Å². The largest absolute Gasteiger partial charge is 0.463 e. The van der Waals surface area contributed by atoms with Gasteiger partial charge in [-0.1, -0.05) is 83.6 Å². The summed E-state index contributed by atoms with van der Waals surface area (Å²) < 4.78 is 13.2. The van der Waals surface area contributed by atoms with Crippen LogP contribution in [0.1, 0.15) is 29.9 Å². The molecule has 0 saturated carbocycles. The standard InChI is InChI=1S/C32H22ClN3O6S/c1-2-41-31(38)27-28(19-9-5-3-6-10-19)34-32-35(29(27)20-11-7-4-8-12-20)30(37)26(43-32)18-22-14-16-25(42-22)23-15-13-21(33)17-24(23)36(39)40/h3-18,29H,2H2,1H3/b26-18-. The fourth-order valence-corrected chi connectivity index (χ4v) is 6.11. The molecule has 3 heterocycles. The number of benzene rings is 3. The van der Waals surface area contributed by atoms with Crippen LogP contribution in [0.25, 0.3) is 23.1 Å². The van der Waals surface area contributed by atoms with Crippen molar-refractivity contribution in [3.8, 4) is 11.3 Å². The first kappa shape index (κ1) is 28.1. The molecule has 0 saturated heterocycles. The number of halogens is 1. The van der Waals surface area contributed by atoms with Gasteiger partial charge in [-0.3, -0.25) is 19.5 Å². The van der Waals surface area contributed by atoms with Gasteiger partial charge >= 0.3 is 5.97 Å². The maximum Gasteiger partial charge on any atom is 0.338 e. The smallest absolute Gasteiger partial charge is 0.338 e. The summed E-state index contributed by atoms with van der Waals surface area (Å²) in [5, 5.41) is 11.8. The second-order valence-electron chi connectivity index (χ2n) is 9.46. The van der Waals surface area contributed by atoms with Crippen molar-refractivity contribution in [3.63, 3.8) is 0 Å². The van der Waals surface area contributed by atoms with E-state index in [0.717, 1.165) is 16.9 Å². The number of nitrogens with zero attached hydrogens (tertiary/aromatic N) is 3. The number of hydrogen-bond acceptors (Lipinski definition) is 8. The summed E-state index contributed by atoms with van der Waals surface area (Å²) in [5.74, 6) is 0.00245. The second kappa shape index (κ2) is 11.7. The Labute approximate surface area is 253 Å². The molecule has 0 N–H and O–H groups in total. The van der Waals surface area contributed by atoms with Crippen molar-refractivity contribution >= 4 is 46.4 Å². The molecule has 1 atom stereocenters. The first-order chi connectivity index (χ1) is 20.9. The van der Waals surface area contributed by atoms with E-state index in [-0.39, 0.29) is 39.8 Å². The SMILES string of the molecule is CCOC(=O)C1=C(c2ccccc2)N=c2s/c(=C\c3ccc(-c4ccc(Cl)cc4[N+](=O)[O-])o3)c(=O)n2C1c1ccccc1. The molecule has 0 amide bonds. The van der Waals surface area contributed by atoms with Gasteiger partial charge in [-0.05, 0) is 36.8 Å². The zero-order chi connectivity index (χ0) is 30.1. The summed E-state index contributed by atoms with van der Waals surface area (Å²) in [7, 11) is 0. The highest BCUT2D eigenvalue weighted by molar-refractivity contribution is 7.07. The highest BCUT2D eigenvalue weighted by Gasteiger charge is 2.35. The molecule has 1 aliphatic heterocycles. The molecule has 1 aliphatic rings. The lowest BCUT2D eigenvalue weighted by Crippen LogP contribution is -2.39. The van der Waals surface area contributed by atoms with Crippen LogP contribution in [0.2, 0.25) is 5.02 Å². The number of thiazole rings is 1. The summed E-state index contributed by atoms with van der Waals surface area (Å²) in [5.41, 5.74) is 1.80. The third-order valence-electron chi connectivity index (χ3n) is 6.81. The zero-order valence-corrected chi connectivity index (χ0v) is 24.2. The van der Waals surface area contributed by atoms with Gasteiger partial charge in [0.15, 0.2) is 4.80 Å². The number of esters is 1. The van der Waals surface area contributed by atoms with Gasteiger partial charge in [0.2, 0.25) is 0 Å². The van der Waals surface area contributed by atoms with E-state index >= 15 is 0 Å². The van der Waals surface area contributed by atoms with Crippen LogP contribution in [0.4, 0.5) is 5.69 Å². The minimum Gasteiger partial charge on any atom is -0.463 e. The lowest BCUT2D eigenvalue weighted by atomic mass is 9.93. The Morgan fingerprint density at radius 3 is 2.51 bits per heavy atom. The van der Waals surface area contributed by atoms with Crippen LogP contribution >= 0.6 is 22.9 Å². The number of aromatic nitrogens is 1. The first-order valence-electron chi connectivity index (χ1n) is 13.2. The molecular weight excluding hydrogens is 590 g/mol. The molecule has 6 rings (SSSR count). The van der Waals surface area contributed by atoms with Crippen LogP contribution in [-0.2, 0) is 9.53 Å². The van der Waals surface area contributed by atoms with Crippen LogP contribution in [0.3, 0.4) is 0 Å². The Morgan fingerprint density at radius 1 is 1.09 bits per heavy atom. The summed E-state index contributed by atoms with van der Waals surface area (Å²) >= 11 is 7.11. The van der Waals surface area contributed by atoms with E-state index in [1.165, 1.54) is 16.7 Å². The second-order valence-corrected chi connectivity index (χ2v) is 10.9. The Kier molecular flexibility index (Phi) is 7.62. The quantitative estimate of drug-likeness (QED) is 0.131. The third kappa shape index (κ3) is 5.33. The van der Waals surface area contributed by atoms with Gasteiger partial charge in [0, 0.05) is 22.7 Å². The molecule has 9 nitrogen and oxygen atoms in total. The molecule has 5 aromatic rings. The van der Waals surface area contributed by atoms with Crippen molar-refractivity contribution in [1.82, 2.24) is 4.57 Å². The molecule has 0 spiro atoms. The Balaban J connectivity index is 1.54. The Morgan fingerprint density at radius 2 is 1.81 bits per heavy atom. The van der Waals surface area contributed by atoms with Gasteiger partial charge < -0.3 is 9.15 Å². The molecule has 214 valence electrons. The predicted octanol–water partition coefficient (Wildman–Crippen LogP) is 5.76. The highest BCUT2D eigenvalue weighted by Crippen LogP contribution is 2.36. The summed E-state index contributed by atoms with van der Waals surface area (Å²) in [6.07, 6.45) is 1.56. The molecule has 0 bridgehead atoms. The number of ether oxygens (including phenoxy) is 1. The van der Waals surface area contributed by atoms with Crippen LogP contribution in [0.15, 0.2) is 111 Å². The van der Waals surface area contributed by atoms with Crippen molar-refractivity contribution in [1.29, 1.82) is 0 Å². The number of hydrogen-bond donors (Lipinski definition) is 0. The third-order valence-corrected chi connectivity index (χ3v) is 8.03. The average Bonchev–Trinajstić information content (AvgIpc) is 3.61. The van der Waals surface area contributed by atoms with E-state index < -0.39 is 16.9 Å². The van der Waals surface area contributed by atoms with Crippen LogP contribution in [0.5, 0.6) is 0 Å². The molecule has 0 fully saturated rings. The zero-order valence-electron chi connectivity index (χ0n) is 22.6. The van der Waals surface area contributed by atoms with E-state index in [0.29, 0.717) is 26.4 Å². The fourth-order valence-electron chi connectivity index (χ4n) is 4.96. The van der Waals surface area contributed by atoms with Crippen molar-refractivity contribution in [2.24, 2.45) is 4.99 Å². The lowest BCUT2D eigenvalue weighted by molar-refractivity contribution is -0.384. The maximum absolute atomic E-state index is 14.0. The highest BCUT2D eigenvalue weighted by atomic mass is 35.5. The molecule has 1 unspecified atom stereocenters. The number of carbonyl (C=O) groups is 1. The maximum atomic E-state index is 14.0. The summed E-state index contributed by atoms with van der Waals surface area (Å²) in [4.78, 5) is 43.8. The number of carbonyl (C=O) groups excluding carboxylic acids is 1. The monoisotopic (exact) mass is 611 g/mol. The van der Waals surface area contributed by atoms with Gasteiger partial charge in [-0.25, -0.2) is 9.79 Å². The molecule has 2 aromatic heterocycles. The van der Waals surface area contributed by atoms with Gasteiger partial charge in [0.25, 0.3) is 11.2 Å². The van der Waals surface area contributed by atoms with Gasteiger partial charge in [-0.2, -0.15) is 0 Å². The number of nitro groups is 1. The van der Waals surface area contributed by atoms with Gasteiger partial charge in [0.05, 0.1) is 38.9 Å². The Bertz CT molecular complexity index is 2080. The number of furan rings is 1. The molecule has 43 heavy (non-hydrogen) atoms. The summed E-state index contributed by atoms with van der Waals surface area (Å²) in [6, 6.07) is 25.3. The van der Waals surface area contributed by atoms with Crippen molar-refractivity contribution < 1.29 is 18.9 Å². The average molecular weight is 612 g/mol. The van der Waals surface area contributed by atoms with Crippen molar-refractivity contribution in [2.45, 2.75) is 13.0 Å². The van der Waals surface area contributed by atoms with Crippen LogP contribution < -0.4 is 14.9 Å². The topological polar surface area (TPSA) is 117 Å². The minimum atomic E-state index is -0.794. The van der Waals surface area contributed by atoms with E-state index in [1.807, 2.05) is 60.7 Å². The van der Waals surface area contributed by atoms with E-state index in [9.17, 15) is 19.7 Å². The van der Waals surface area contributed by atoms with E-state index in [2.05, 4.69) is 0 Å². The molecule has 11 heteroatoms. The summed E-state index contributed by atoms with van der Waals surface area (Å²) in [6.45, 7) is 1.88. The predicted molar refractivity (Wildman–Crippen MR) is 163 cm³/mol. The normalized spacial score (nSPS) is 14.7. The molecule has 0 aliphatic carbocycles. The van der Waals surface area contributed by atoms with Crippen molar-refractivity contribution in [3.05, 3.63) is 148 Å². The van der Waals surface area contributed by atoms with E-state index in [4.69, 9.17) is 25.7 Å². The Hall–Kier alpha value is -5.06. The number of nitro benzene ring substituents is 1. The molecule has 0 radical (unpaired) electrons. The van der Waals surface area contributed by atoms with Gasteiger partial charge in [0.1, 0.15) is 11.5 Å². The van der Waals surface area contributed by atoms with Crippen LogP contribution in [0, 0.1) is 10.1 Å². The lowest BCUT2D eigenvalue weighted by Gasteiger charge is -2.25. The molecule has 3 aromatic carbocycles. The number of rotatable bonds is 7. The first-order valence-corrected chi connectivity index (χ1v) is 14.4. The van der Waals surface area contributed by atoms with E-state index in [1.54, 1.807) is 31.2 Å².